The Morgan fingerprint density at radius 1 is 1.39 bits per heavy atom. The summed E-state index contributed by atoms with van der Waals surface area (Å²) in [5.41, 5.74) is 2.02. The number of nitrogens with two attached hydrogens (primary N) is 1. The molecule has 0 saturated heterocycles. The summed E-state index contributed by atoms with van der Waals surface area (Å²) in [6.45, 7) is 5.92. The van der Waals surface area contributed by atoms with Crippen molar-refractivity contribution < 1.29 is 13.7 Å². The van der Waals surface area contributed by atoms with E-state index in [1.165, 1.54) is 0 Å². The van der Waals surface area contributed by atoms with Crippen LogP contribution >= 0.6 is 0 Å². The summed E-state index contributed by atoms with van der Waals surface area (Å²) >= 11 is 0. The maximum atomic E-state index is 11.4. The van der Waals surface area contributed by atoms with Gasteiger partial charge >= 0.3 is 0 Å². The van der Waals surface area contributed by atoms with Gasteiger partial charge in [0.1, 0.15) is 0 Å². The maximum Gasteiger partial charge on any atom is 0.231 e. The van der Waals surface area contributed by atoms with Gasteiger partial charge in [-0.25, -0.2) is 4.21 Å². The fourth-order valence-electron chi connectivity index (χ4n) is 1.80. The second-order valence-corrected chi connectivity index (χ2v) is 6.44. The first-order valence-electron chi connectivity index (χ1n) is 5.66. The molecule has 0 radical (unpaired) electrons. The molecule has 98 valence electrons. The molecule has 1 heterocycles. The predicted octanol–water partition coefficient (Wildman–Crippen LogP) is 2.22. The van der Waals surface area contributed by atoms with Crippen LogP contribution in [0.1, 0.15) is 26.3 Å². The van der Waals surface area contributed by atoms with Gasteiger partial charge in [0.2, 0.25) is 6.79 Å². The van der Waals surface area contributed by atoms with Crippen LogP contribution in [0.4, 0.5) is 0 Å². The van der Waals surface area contributed by atoms with Crippen molar-refractivity contribution in [2.24, 2.45) is 5.14 Å². The second-order valence-electron chi connectivity index (χ2n) is 4.80. The van der Waals surface area contributed by atoms with Crippen LogP contribution in [0, 0.1) is 0 Å². The van der Waals surface area contributed by atoms with E-state index in [0.29, 0.717) is 0 Å². The van der Waals surface area contributed by atoms with Gasteiger partial charge in [0.15, 0.2) is 11.5 Å². The van der Waals surface area contributed by atoms with Gasteiger partial charge in [-0.05, 0) is 44.0 Å². The molecule has 4 nitrogen and oxygen atoms in total. The van der Waals surface area contributed by atoms with Gasteiger partial charge in [-0.3, -0.25) is 5.14 Å². The number of allylic oxidation sites excluding steroid dienone is 1. The number of hydrogen-bond acceptors (Lipinski definition) is 3. The molecule has 0 aliphatic carbocycles. The lowest BCUT2D eigenvalue weighted by Crippen LogP contribution is -2.29. The van der Waals surface area contributed by atoms with Gasteiger partial charge in [-0.1, -0.05) is 12.1 Å². The summed E-state index contributed by atoms with van der Waals surface area (Å²) in [6.07, 6.45) is 1.92. The summed E-state index contributed by atoms with van der Waals surface area (Å²) in [5.74, 6) is 1.50. The van der Waals surface area contributed by atoms with Gasteiger partial charge < -0.3 is 9.47 Å². The highest BCUT2D eigenvalue weighted by atomic mass is 32.2. The molecule has 5 heteroatoms. The van der Waals surface area contributed by atoms with Crippen molar-refractivity contribution in [3.05, 3.63) is 29.8 Å². The second kappa shape index (κ2) is 4.74. The third-order valence-corrected chi connectivity index (χ3v) is 4.07. The van der Waals surface area contributed by atoms with E-state index in [1.54, 1.807) is 0 Å². The highest BCUT2D eigenvalue weighted by Crippen LogP contribution is 2.34. The third-order valence-electron chi connectivity index (χ3n) is 2.91. The average Bonchev–Trinajstić information content (AvgIpc) is 2.74. The zero-order valence-corrected chi connectivity index (χ0v) is 11.5. The molecule has 0 fully saturated rings. The summed E-state index contributed by atoms with van der Waals surface area (Å²) in [7, 11) is -1.40. The maximum absolute atomic E-state index is 11.4. The van der Waals surface area contributed by atoms with Crippen LogP contribution in [0.2, 0.25) is 0 Å². The first kappa shape index (κ1) is 13.1. The van der Waals surface area contributed by atoms with E-state index >= 15 is 0 Å². The Morgan fingerprint density at radius 3 is 2.72 bits per heavy atom. The molecule has 1 unspecified atom stereocenters. The molecular weight excluding hydrogens is 250 g/mol. The lowest BCUT2D eigenvalue weighted by atomic mass is 10.0. The minimum absolute atomic E-state index is 0.264. The largest absolute Gasteiger partial charge is 0.454 e. The van der Waals surface area contributed by atoms with E-state index in [0.717, 1.165) is 22.6 Å². The summed E-state index contributed by atoms with van der Waals surface area (Å²) in [5, 5.41) is 5.47. The van der Waals surface area contributed by atoms with Crippen molar-refractivity contribution in [1.82, 2.24) is 0 Å². The standard InChI is InChI=1S/C13H17NO3S/c1-9(7-13(2,3)18(14)15)10-4-5-11-12(6-10)17-8-16-11/h4-7H,8,14H2,1-3H3. The molecule has 2 N–H and O–H groups in total. The van der Waals surface area contributed by atoms with Crippen molar-refractivity contribution in [3.8, 4) is 11.5 Å². The predicted molar refractivity (Wildman–Crippen MR) is 72.6 cm³/mol. The van der Waals surface area contributed by atoms with Gasteiger partial charge in [0.05, 0.1) is 15.7 Å². The third kappa shape index (κ3) is 2.57. The monoisotopic (exact) mass is 267 g/mol. The molecule has 1 aliphatic heterocycles. The number of fused-ring (bicyclic) bond motifs is 1. The summed E-state index contributed by atoms with van der Waals surface area (Å²) in [4.78, 5) is 0. The first-order chi connectivity index (χ1) is 8.40. The van der Waals surface area contributed by atoms with E-state index in [2.05, 4.69) is 0 Å². The number of hydrogen-bond donors (Lipinski definition) is 1. The first-order valence-corrected chi connectivity index (χ1v) is 6.87. The Balaban J connectivity index is 2.32. The van der Waals surface area contributed by atoms with Crippen molar-refractivity contribution in [2.75, 3.05) is 6.79 Å². The zero-order chi connectivity index (χ0) is 13.3. The Kier molecular flexibility index (Phi) is 3.45. The van der Waals surface area contributed by atoms with Crippen LogP contribution in [0.25, 0.3) is 5.57 Å². The van der Waals surface area contributed by atoms with Crippen molar-refractivity contribution in [3.63, 3.8) is 0 Å². The molecule has 0 bridgehead atoms. The molecule has 1 aromatic carbocycles. The quantitative estimate of drug-likeness (QED) is 0.913. The van der Waals surface area contributed by atoms with Crippen LogP contribution in [-0.2, 0) is 11.0 Å². The van der Waals surface area contributed by atoms with E-state index in [4.69, 9.17) is 14.6 Å². The highest BCUT2D eigenvalue weighted by Gasteiger charge is 2.21. The summed E-state index contributed by atoms with van der Waals surface area (Å²) < 4.78 is 21.5. The molecule has 0 aromatic heterocycles. The van der Waals surface area contributed by atoms with Crippen LogP contribution < -0.4 is 14.6 Å². The van der Waals surface area contributed by atoms with Gasteiger partial charge in [-0.15, -0.1) is 0 Å². The van der Waals surface area contributed by atoms with Gasteiger partial charge in [-0.2, -0.15) is 0 Å². The number of rotatable bonds is 3. The molecule has 1 atom stereocenters. The van der Waals surface area contributed by atoms with Crippen LogP contribution in [-0.4, -0.2) is 15.7 Å². The van der Waals surface area contributed by atoms with Crippen LogP contribution in [0.15, 0.2) is 24.3 Å². The lowest BCUT2D eigenvalue weighted by Gasteiger charge is -2.17. The Bertz CT molecular complexity index is 523. The van der Waals surface area contributed by atoms with E-state index in [-0.39, 0.29) is 6.79 Å². The molecular formula is C13H17NO3S. The van der Waals surface area contributed by atoms with Crippen molar-refractivity contribution >= 4 is 16.6 Å². The topological polar surface area (TPSA) is 61.6 Å². The average molecular weight is 267 g/mol. The number of ether oxygens (including phenoxy) is 2. The van der Waals surface area contributed by atoms with Gasteiger partial charge in [0.25, 0.3) is 0 Å². The van der Waals surface area contributed by atoms with Crippen molar-refractivity contribution in [1.29, 1.82) is 0 Å². The zero-order valence-electron chi connectivity index (χ0n) is 10.7. The van der Waals surface area contributed by atoms with E-state index < -0.39 is 15.7 Å². The SMILES string of the molecule is CC(=CC(C)(C)S(N)=O)c1ccc2c(c1)OCO2. The number of benzene rings is 1. The van der Waals surface area contributed by atoms with Crippen molar-refractivity contribution in [2.45, 2.75) is 25.5 Å². The molecule has 0 saturated carbocycles. The molecule has 0 spiro atoms. The van der Waals surface area contributed by atoms with E-state index in [9.17, 15) is 4.21 Å². The Labute approximate surface area is 109 Å². The van der Waals surface area contributed by atoms with E-state index in [1.807, 2.05) is 45.0 Å². The van der Waals surface area contributed by atoms with Crippen LogP contribution in [0.5, 0.6) is 11.5 Å². The Hall–Kier alpha value is -1.33. The van der Waals surface area contributed by atoms with Gasteiger partial charge in [0, 0.05) is 0 Å². The molecule has 2 rings (SSSR count). The molecule has 1 aliphatic rings. The highest BCUT2D eigenvalue weighted by molar-refractivity contribution is 7.84. The molecule has 0 amide bonds. The minimum Gasteiger partial charge on any atom is -0.454 e. The Morgan fingerprint density at radius 2 is 2.06 bits per heavy atom. The molecule has 1 aromatic rings. The minimum atomic E-state index is -1.40. The fourth-order valence-corrected chi connectivity index (χ4v) is 2.10. The smallest absolute Gasteiger partial charge is 0.231 e. The lowest BCUT2D eigenvalue weighted by molar-refractivity contribution is 0.174. The van der Waals surface area contributed by atoms with Crippen LogP contribution in [0.3, 0.4) is 0 Å². The summed E-state index contributed by atoms with van der Waals surface area (Å²) in [6, 6.07) is 5.75. The fraction of sp³-hybridized carbons (Fsp3) is 0.385. The normalized spacial score (nSPS) is 16.8. The molecule has 18 heavy (non-hydrogen) atoms.